The fourth-order valence-electron chi connectivity index (χ4n) is 2.58. The summed E-state index contributed by atoms with van der Waals surface area (Å²) in [7, 11) is 1.41. The molecule has 0 aliphatic carbocycles. The van der Waals surface area contributed by atoms with Gasteiger partial charge < -0.3 is 23.7 Å². The van der Waals surface area contributed by atoms with E-state index >= 15 is 0 Å². The van der Waals surface area contributed by atoms with Gasteiger partial charge in [-0.05, 0) is 30.3 Å². The van der Waals surface area contributed by atoms with Crippen LogP contribution in [0.4, 0.5) is 0 Å². The first-order chi connectivity index (χ1) is 11.2. The molecule has 1 aromatic heterocycles. The van der Waals surface area contributed by atoms with Gasteiger partial charge in [0, 0.05) is 11.6 Å². The fourth-order valence-corrected chi connectivity index (χ4v) is 2.58. The summed E-state index contributed by atoms with van der Waals surface area (Å²) < 4.78 is 21.7. The second kappa shape index (κ2) is 4.95. The van der Waals surface area contributed by atoms with Crippen molar-refractivity contribution in [1.29, 1.82) is 0 Å². The summed E-state index contributed by atoms with van der Waals surface area (Å²) in [4.78, 5) is 12.6. The van der Waals surface area contributed by atoms with Gasteiger partial charge in [0.25, 0.3) is 0 Å². The monoisotopic (exact) mass is 312 g/mol. The van der Waals surface area contributed by atoms with E-state index in [0.717, 1.165) is 0 Å². The quantitative estimate of drug-likeness (QED) is 0.784. The molecule has 0 saturated heterocycles. The summed E-state index contributed by atoms with van der Waals surface area (Å²) in [6, 6.07) is 9.54. The smallest absolute Gasteiger partial charge is 0.235 e. The Morgan fingerprint density at radius 1 is 1.09 bits per heavy atom. The zero-order valence-electron chi connectivity index (χ0n) is 12.2. The Kier molecular flexibility index (Phi) is 2.90. The van der Waals surface area contributed by atoms with Crippen molar-refractivity contribution in [3.05, 3.63) is 46.6 Å². The van der Waals surface area contributed by atoms with Gasteiger partial charge in [-0.3, -0.25) is 4.79 Å². The molecule has 0 unspecified atom stereocenters. The van der Waals surface area contributed by atoms with E-state index in [1.807, 2.05) is 0 Å². The maximum Gasteiger partial charge on any atom is 0.235 e. The number of aromatic hydroxyl groups is 1. The highest BCUT2D eigenvalue weighted by Crippen LogP contribution is 2.39. The molecule has 23 heavy (non-hydrogen) atoms. The van der Waals surface area contributed by atoms with Crippen LogP contribution in [0.5, 0.6) is 23.0 Å². The topological polar surface area (TPSA) is 78.1 Å². The molecule has 3 aromatic rings. The highest BCUT2D eigenvalue weighted by Gasteiger charge is 2.20. The summed E-state index contributed by atoms with van der Waals surface area (Å²) in [5.41, 5.74) is 0.596. The van der Waals surface area contributed by atoms with Crippen LogP contribution in [-0.2, 0) is 0 Å². The molecule has 0 radical (unpaired) electrons. The zero-order chi connectivity index (χ0) is 16.0. The van der Waals surface area contributed by atoms with Crippen LogP contribution >= 0.6 is 0 Å². The Morgan fingerprint density at radius 3 is 2.74 bits per heavy atom. The van der Waals surface area contributed by atoms with E-state index in [1.165, 1.54) is 25.3 Å². The van der Waals surface area contributed by atoms with Gasteiger partial charge in [0.05, 0.1) is 12.5 Å². The molecule has 1 aliphatic heterocycles. The van der Waals surface area contributed by atoms with Crippen LogP contribution in [-0.4, -0.2) is 19.0 Å². The van der Waals surface area contributed by atoms with Crippen molar-refractivity contribution < 1.29 is 23.7 Å². The average Bonchev–Trinajstić information content (AvgIpc) is 3.02. The predicted molar refractivity (Wildman–Crippen MR) is 82.3 cm³/mol. The lowest BCUT2D eigenvalue weighted by molar-refractivity contribution is 0.174. The van der Waals surface area contributed by atoms with Gasteiger partial charge in [0.2, 0.25) is 18.0 Å². The lowest BCUT2D eigenvalue weighted by atomic mass is 10.1. The van der Waals surface area contributed by atoms with Crippen molar-refractivity contribution in [2.75, 3.05) is 13.9 Å². The van der Waals surface area contributed by atoms with Crippen LogP contribution in [0.3, 0.4) is 0 Å². The Hall–Kier alpha value is -3.15. The Balaban J connectivity index is 2.00. The Labute approximate surface area is 130 Å². The molecule has 0 saturated carbocycles. The molecule has 6 nitrogen and oxygen atoms in total. The predicted octanol–water partition coefficient (Wildman–Crippen LogP) is 2.90. The van der Waals surface area contributed by atoms with Crippen molar-refractivity contribution in [2.45, 2.75) is 0 Å². The van der Waals surface area contributed by atoms with E-state index in [1.54, 1.807) is 18.2 Å². The summed E-state index contributed by atoms with van der Waals surface area (Å²) in [6.45, 7) is 0.158. The average molecular weight is 312 g/mol. The van der Waals surface area contributed by atoms with Gasteiger partial charge in [-0.2, -0.15) is 0 Å². The zero-order valence-corrected chi connectivity index (χ0v) is 12.2. The van der Waals surface area contributed by atoms with Gasteiger partial charge >= 0.3 is 0 Å². The van der Waals surface area contributed by atoms with Crippen LogP contribution in [0.1, 0.15) is 0 Å². The molecule has 0 amide bonds. The molecule has 6 heteroatoms. The highest BCUT2D eigenvalue weighted by atomic mass is 16.7. The molecular weight excluding hydrogens is 300 g/mol. The first kappa shape index (κ1) is 13.5. The van der Waals surface area contributed by atoms with Gasteiger partial charge in [0.1, 0.15) is 11.3 Å². The molecule has 0 fully saturated rings. The maximum absolute atomic E-state index is 12.6. The van der Waals surface area contributed by atoms with Crippen molar-refractivity contribution in [2.24, 2.45) is 0 Å². The number of phenolic OH excluding ortho intramolecular Hbond substituents is 1. The molecular formula is C17H12O6. The molecule has 0 spiro atoms. The molecule has 1 N–H and O–H groups in total. The number of ether oxygens (including phenoxy) is 3. The van der Waals surface area contributed by atoms with Crippen LogP contribution in [0.25, 0.3) is 22.3 Å². The molecule has 4 rings (SSSR count). The van der Waals surface area contributed by atoms with E-state index in [-0.39, 0.29) is 35.1 Å². The Bertz CT molecular complexity index is 973. The van der Waals surface area contributed by atoms with Crippen LogP contribution in [0.2, 0.25) is 0 Å². The Morgan fingerprint density at radius 2 is 1.91 bits per heavy atom. The lowest BCUT2D eigenvalue weighted by Gasteiger charge is -2.09. The van der Waals surface area contributed by atoms with Crippen molar-refractivity contribution in [3.63, 3.8) is 0 Å². The van der Waals surface area contributed by atoms with E-state index in [2.05, 4.69) is 0 Å². The van der Waals surface area contributed by atoms with E-state index < -0.39 is 0 Å². The minimum atomic E-state index is -0.304. The minimum absolute atomic E-state index is 0.0162. The molecule has 116 valence electrons. The number of benzene rings is 2. The number of hydrogen-bond donors (Lipinski definition) is 1. The van der Waals surface area contributed by atoms with Gasteiger partial charge in [-0.15, -0.1) is 0 Å². The van der Waals surface area contributed by atoms with Crippen molar-refractivity contribution in [1.82, 2.24) is 0 Å². The molecule has 0 bridgehead atoms. The van der Waals surface area contributed by atoms with Gasteiger partial charge in [-0.1, -0.05) is 0 Å². The lowest BCUT2D eigenvalue weighted by Crippen LogP contribution is -2.07. The number of rotatable bonds is 2. The van der Waals surface area contributed by atoms with Crippen LogP contribution in [0, 0.1) is 0 Å². The van der Waals surface area contributed by atoms with Crippen LogP contribution < -0.4 is 19.6 Å². The number of hydrogen-bond acceptors (Lipinski definition) is 6. The third kappa shape index (κ3) is 2.07. The van der Waals surface area contributed by atoms with Crippen molar-refractivity contribution >= 4 is 11.0 Å². The first-order valence-corrected chi connectivity index (χ1v) is 6.91. The number of phenols is 1. The molecule has 2 aromatic carbocycles. The highest BCUT2D eigenvalue weighted by molar-refractivity contribution is 5.83. The van der Waals surface area contributed by atoms with Crippen LogP contribution in [0.15, 0.2) is 45.6 Å². The number of methoxy groups -OCH3 is 1. The normalized spacial score (nSPS) is 12.6. The third-order valence-electron chi connectivity index (χ3n) is 3.67. The van der Waals surface area contributed by atoms with Crippen molar-refractivity contribution in [3.8, 4) is 34.3 Å². The van der Waals surface area contributed by atoms with Gasteiger partial charge in [0.15, 0.2) is 17.3 Å². The van der Waals surface area contributed by atoms with Gasteiger partial charge in [-0.25, -0.2) is 0 Å². The SMILES string of the molecule is COc1c(-c2ccc3c(c2)OCO3)oc2cc(O)ccc2c1=O. The van der Waals surface area contributed by atoms with E-state index in [0.29, 0.717) is 22.4 Å². The molecule has 1 aliphatic rings. The third-order valence-corrected chi connectivity index (χ3v) is 3.67. The maximum atomic E-state index is 12.6. The second-order valence-corrected chi connectivity index (χ2v) is 5.04. The standard InChI is InChI=1S/C17H12O6/c1-20-17-15(19)11-4-3-10(18)7-13(11)23-16(17)9-2-5-12-14(6-9)22-8-21-12/h2-7,18H,8H2,1H3. The second-order valence-electron chi connectivity index (χ2n) is 5.04. The summed E-state index contributed by atoms with van der Waals surface area (Å²) in [5.74, 6) is 1.59. The number of fused-ring (bicyclic) bond motifs is 2. The largest absolute Gasteiger partial charge is 0.508 e. The molecule has 2 heterocycles. The van der Waals surface area contributed by atoms with E-state index in [4.69, 9.17) is 18.6 Å². The fraction of sp³-hybridized carbons (Fsp3) is 0.118. The van der Waals surface area contributed by atoms with E-state index in [9.17, 15) is 9.90 Å². The summed E-state index contributed by atoms with van der Waals surface area (Å²) in [6.07, 6.45) is 0. The molecule has 0 atom stereocenters. The minimum Gasteiger partial charge on any atom is -0.508 e. The first-order valence-electron chi connectivity index (χ1n) is 6.91. The summed E-state index contributed by atoms with van der Waals surface area (Å²) in [5, 5.41) is 9.94. The summed E-state index contributed by atoms with van der Waals surface area (Å²) >= 11 is 0.